The van der Waals surface area contributed by atoms with Gasteiger partial charge in [-0.25, -0.2) is 14.6 Å². The Morgan fingerprint density at radius 1 is 1.25 bits per heavy atom. The van der Waals surface area contributed by atoms with Crippen molar-refractivity contribution in [2.24, 2.45) is 0 Å². The summed E-state index contributed by atoms with van der Waals surface area (Å²) in [4.78, 5) is 31.3. The number of alkyl carbamates (subject to hydrolysis) is 1. The van der Waals surface area contributed by atoms with Crippen LogP contribution in [0.3, 0.4) is 0 Å². The number of nitrogens with zero attached hydrogens (tertiary/aromatic N) is 2. The molecule has 1 aromatic heterocycles. The van der Waals surface area contributed by atoms with E-state index in [2.05, 4.69) is 10.3 Å². The molecule has 8 nitrogen and oxygen atoms in total. The lowest BCUT2D eigenvalue weighted by atomic mass is 10.1. The number of rotatable bonds is 3. The number of hydrogen-bond acceptors (Lipinski definition) is 7. The molecule has 1 saturated heterocycles. The number of hydrogen-bond donors (Lipinski definition) is 1. The molecule has 0 saturated carbocycles. The molecule has 1 aromatic rings. The van der Waals surface area contributed by atoms with Crippen LogP contribution in [0.5, 0.6) is 0 Å². The van der Waals surface area contributed by atoms with Crippen molar-refractivity contribution in [3.05, 3.63) is 16.6 Å². The molecule has 1 aliphatic rings. The van der Waals surface area contributed by atoms with Crippen molar-refractivity contribution in [3.63, 3.8) is 0 Å². The average molecular weight is 414 g/mol. The molecule has 0 bridgehead atoms. The van der Waals surface area contributed by atoms with E-state index in [1.54, 1.807) is 61.6 Å². The van der Waals surface area contributed by atoms with E-state index in [1.807, 2.05) is 5.38 Å². The van der Waals surface area contributed by atoms with Crippen molar-refractivity contribution in [1.29, 1.82) is 0 Å². The monoisotopic (exact) mass is 413 g/mol. The van der Waals surface area contributed by atoms with Gasteiger partial charge in [-0.2, -0.15) is 0 Å². The van der Waals surface area contributed by atoms with Crippen LogP contribution >= 0.6 is 11.3 Å². The molecule has 0 radical (unpaired) electrons. The second kappa shape index (κ2) is 7.87. The fourth-order valence-corrected chi connectivity index (χ4v) is 3.63. The van der Waals surface area contributed by atoms with E-state index < -0.39 is 41.2 Å². The van der Waals surface area contributed by atoms with Gasteiger partial charge in [0.2, 0.25) is 0 Å². The van der Waals surface area contributed by atoms with Gasteiger partial charge in [0, 0.05) is 11.6 Å². The van der Waals surface area contributed by atoms with E-state index in [4.69, 9.17) is 14.2 Å². The van der Waals surface area contributed by atoms with E-state index in [0.717, 1.165) is 0 Å². The second-order valence-corrected chi connectivity index (χ2v) is 10.1. The molecular formula is C19H31N3O5S. The summed E-state index contributed by atoms with van der Waals surface area (Å²) >= 11 is 1.39. The van der Waals surface area contributed by atoms with Gasteiger partial charge < -0.3 is 19.5 Å². The molecular weight excluding hydrogens is 382 g/mol. The third kappa shape index (κ3) is 5.81. The van der Waals surface area contributed by atoms with Crippen LogP contribution < -0.4 is 5.32 Å². The van der Waals surface area contributed by atoms with Gasteiger partial charge in [0.05, 0.1) is 12.6 Å². The van der Waals surface area contributed by atoms with Crippen LogP contribution in [0, 0.1) is 0 Å². The van der Waals surface area contributed by atoms with E-state index in [-0.39, 0.29) is 6.61 Å². The molecule has 0 spiro atoms. The molecule has 0 unspecified atom stereocenters. The highest BCUT2D eigenvalue weighted by Gasteiger charge is 2.50. The first-order valence-electron chi connectivity index (χ1n) is 9.25. The minimum Gasteiger partial charge on any atom is -0.444 e. The lowest BCUT2D eigenvalue weighted by Gasteiger charge is -2.37. The number of aromatic nitrogens is 1. The molecule has 2 amide bonds. The minimum absolute atomic E-state index is 0.228. The molecule has 2 heterocycles. The van der Waals surface area contributed by atoms with Crippen LogP contribution in [-0.2, 0) is 14.2 Å². The first kappa shape index (κ1) is 22.4. The SMILES string of the molecule is CC(C)(C)OC(=O)N[C@@H](c1nccs1)[C@@H]1COC(C)(C)N1C(=O)OC(C)(C)C. The number of nitrogens with one attached hydrogen (secondary N) is 1. The van der Waals surface area contributed by atoms with Crippen LogP contribution in [0.1, 0.15) is 66.4 Å². The Bertz CT molecular complexity index is 691. The normalized spacial score (nSPS) is 20.6. The van der Waals surface area contributed by atoms with Crippen LogP contribution in [-0.4, -0.2) is 51.6 Å². The zero-order chi connectivity index (χ0) is 21.3. The van der Waals surface area contributed by atoms with E-state index in [1.165, 1.54) is 16.2 Å². The first-order valence-corrected chi connectivity index (χ1v) is 10.1. The van der Waals surface area contributed by atoms with Crippen molar-refractivity contribution in [3.8, 4) is 0 Å². The van der Waals surface area contributed by atoms with Gasteiger partial charge in [0.25, 0.3) is 0 Å². The Morgan fingerprint density at radius 3 is 2.36 bits per heavy atom. The highest BCUT2D eigenvalue weighted by molar-refractivity contribution is 7.09. The van der Waals surface area contributed by atoms with Gasteiger partial charge >= 0.3 is 12.2 Å². The van der Waals surface area contributed by atoms with Crippen LogP contribution in [0.15, 0.2) is 11.6 Å². The van der Waals surface area contributed by atoms with Crippen LogP contribution in [0.2, 0.25) is 0 Å². The number of carbonyl (C=O) groups is 2. The van der Waals surface area contributed by atoms with Crippen molar-refractivity contribution in [2.45, 2.75) is 84.4 Å². The summed E-state index contributed by atoms with van der Waals surface area (Å²) < 4.78 is 16.9. The number of carbonyl (C=O) groups excluding carboxylic acids is 2. The number of ether oxygens (including phenoxy) is 3. The summed E-state index contributed by atoms with van der Waals surface area (Å²) in [5.41, 5.74) is -2.19. The van der Waals surface area contributed by atoms with Crippen molar-refractivity contribution in [2.75, 3.05) is 6.61 Å². The molecule has 28 heavy (non-hydrogen) atoms. The Kier molecular flexibility index (Phi) is 6.30. The second-order valence-electron chi connectivity index (χ2n) is 9.17. The largest absolute Gasteiger partial charge is 0.444 e. The summed E-state index contributed by atoms with van der Waals surface area (Å²) in [5.74, 6) is 0. The number of thiazole rings is 1. The van der Waals surface area contributed by atoms with Gasteiger partial charge in [-0.05, 0) is 55.4 Å². The third-order valence-electron chi connectivity index (χ3n) is 3.88. The van der Waals surface area contributed by atoms with E-state index in [0.29, 0.717) is 5.01 Å². The van der Waals surface area contributed by atoms with Crippen LogP contribution in [0.25, 0.3) is 0 Å². The van der Waals surface area contributed by atoms with E-state index >= 15 is 0 Å². The Labute approximate surface area is 170 Å². The van der Waals surface area contributed by atoms with Gasteiger partial charge in [-0.1, -0.05) is 0 Å². The van der Waals surface area contributed by atoms with Crippen molar-refractivity contribution >= 4 is 23.5 Å². The fourth-order valence-electron chi connectivity index (χ4n) is 2.89. The predicted molar refractivity (Wildman–Crippen MR) is 106 cm³/mol. The summed E-state index contributed by atoms with van der Waals surface area (Å²) in [6, 6.07) is -1.09. The predicted octanol–water partition coefficient (Wildman–Crippen LogP) is 4.08. The molecule has 1 N–H and O–H groups in total. The molecule has 2 atom stereocenters. The molecule has 9 heteroatoms. The lowest BCUT2D eigenvalue weighted by Crippen LogP contribution is -2.54. The van der Waals surface area contributed by atoms with Crippen LogP contribution in [0.4, 0.5) is 9.59 Å². The maximum absolute atomic E-state index is 12.9. The maximum atomic E-state index is 12.9. The molecule has 2 rings (SSSR count). The van der Waals surface area contributed by atoms with Crippen molar-refractivity contribution < 1.29 is 23.8 Å². The summed E-state index contributed by atoms with van der Waals surface area (Å²) in [6.45, 7) is 14.6. The number of amides is 2. The highest BCUT2D eigenvalue weighted by atomic mass is 32.1. The topological polar surface area (TPSA) is 90.0 Å². The average Bonchev–Trinajstić information content (AvgIpc) is 3.08. The first-order chi connectivity index (χ1) is 12.7. The Balaban J connectivity index is 2.32. The van der Waals surface area contributed by atoms with Gasteiger partial charge in [-0.15, -0.1) is 11.3 Å². The van der Waals surface area contributed by atoms with Crippen molar-refractivity contribution in [1.82, 2.24) is 15.2 Å². The molecule has 158 valence electrons. The Morgan fingerprint density at radius 2 is 1.86 bits per heavy atom. The van der Waals surface area contributed by atoms with E-state index in [9.17, 15) is 9.59 Å². The fraction of sp³-hybridized carbons (Fsp3) is 0.737. The van der Waals surface area contributed by atoms with Gasteiger partial charge in [0.1, 0.15) is 28.0 Å². The van der Waals surface area contributed by atoms with Gasteiger partial charge in [0.15, 0.2) is 0 Å². The quantitative estimate of drug-likeness (QED) is 0.803. The molecule has 1 fully saturated rings. The zero-order valence-corrected chi connectivity index (χ0v) is 18.7. The minimum atomic E-state index is -0.891. The molecule has 0 aromatic carbocycles. The summed E-state index contributed by atoms with van der Waals surface area (Å²) in [6.07, 6.45) is 0.566. The summed E-state index contributed by atoms with van der Waals surface area (Å²) in [5, 5.41) is 5.34. The highest BCUT2D eigenvalue weighted by Crippen LogP contribution is 2.36. The smallest absolute Gasteiger partial charge is 0.412 e. The Hall–Kier alpha value is -1.87. The molecule has 0 aliphatic carbocycles. The zero-order valence-electron chi connectivity index (χ0n) is 17.9. The third-order valence-corrected chi connectivity index (χ3v) is 4.74. The lowest BCUT2D eigenvalue weighted by molar-refractivity contribution is -0.0638. The van der Waals surface area contributed by atoms with Gasteiger partial charge in [-0.3, -0.25) is 4.90 Å². The molecule has 1 aliphatic heterocycles. The standard InChI is InChI=1S/C19H31N3O5S/c1-17(2,3)26-15(23)21-13(14-20-9-10-28-14)12-11-25-19(7,8)22(12)16(24)27-18(4,5)6/h9-10,12-13H,11H2,1-8H3,(H,21,23)/t12-,13+/m0/s1. The maximum Gasteiger partial charge on any atom is 0.412 e. The summed E-state index contributed by atoms with van der Waals surface area (Å²) in [7, 11) is 0.